The minimum Gasteiger partial charge on any atom is -0.481 e. The standard InChI is InChI=1S/C21H22N4O4S2/c1-14(29-17-8-4-3-5-9-17)20(26)25-12-6-7-16-13-18(10-11-19(16)25)31(27,28)24-21-23-22-15(2)30-21/h3-5,8-11,13-14H,6-7,12H2,1-2H3,(H,23,24). The highest BCUT2D eigenvalue weighted by Crippen LogP contribution is 2.31. The third kappa shape index (κ3) is 4.70. The average molecular weight is 459 g/mol. The third-order valence-electron chi connectivity index (χ3n) is 4.90. The van der Waals surface area contributed by atoms with E-state index >= 15 is 0 Å². The molecule has 31 heavy (non-hydrogen) atoms. The van der Waals surface area contributed by atoms with Crippen molar-refractivity contribution < 1.29 is 17.9 Å². The average Bonchev–Trinajstić information content (AvgIpc) is 3.16. The summed E-state index contributed by atoms with van der Waals surface area (Å²) >= 11 is 1.17. The Morgan fingerprint density at radius 2 is 1.97 bits per heavy atom. The predicted molar refractivity (Wildman–Crippen MR) is 119 cm³/mol. The van der Waals surface area contributed by atoms with Gasteiger partial charge in [0.05, 0.1) is 4.90 Å². The molecule has 10 heteroatoms. The molecule has 0 radical (unpaired) electrons. The Labute approximate surface area is 184 Å². The van der Waals surface area contributed by atoms with E-state index in [1.807, 2.05) is 18.2 Å². The summed E-state index contributed by atoms with van der Waals surface area (Å²) in [6.07, 6.45) is 0.761. The third-order valence-corrected chi connectivity index (χ3v) is 7.12. The first-order valence-electron chi connectivity index (χ1n) is 9.82. The summed E-state index contributed by atoms with van der Waals surface area (Å²) in [5.41, 5.74) is 1.52. The molecule has 0 saturated carbocycles. The number of carbonyl (C=O) groups is 1. The molecule has 0 fully saturated rings. The van der Waals surface area contributed by atoms with Crippen LogP contribution in [0.5, 0.6) is 5.75 Å². The largest absolute Gasteiger partial charge is 0.481 e. The van der Waals surface area contributed by atoms with Gasteiger partial charge in [-0.05, 0) is 62.6 Å². The number of ether oxygens (including phenoxy) is 1. The van der Waals surface area contributed by atoms with E-state index in [0.717, 1.165) is 12.0 Å². The van der Waals surface area contributed by atoms with E-state index in [1.54, 1.807) is 43.0 Å². The lowest BCUT2D eigenvalue weighted by molar-refractivity contribution is -0.124. The van der Waals surface area contributed by atoms with Crippen LogP contribution in [0.3, 0.4) is 0 Å². The number of carbonyl (C=O) groups excluding carboxylic acids is 1. The van der Waals surface area contributed by atoms with Crippen LogP contribution in [-0.4, -0.2) is 37.2 Å². The van der Waals surface area contributed by atoms with E-state index in [2.05, 4.69) is 14.9 Å². The first-order valence-corrected chi connectivity index (χ1v) is 12.1. The quantitative estimate of drug-likeness (QED) is 0.608. The molecule has 1 atom stereocenters. The Bertz CT molecular complexity index is 1200. The first kappa shape index (κ1) is 21.3. The molecular formula is C21H22N4O4S2. The maximum absolute atomic E-state index is 13.0. The topological polar surface area (TPSA) is 101 Å². The fourth-order valence-electron chi connectivity index (χ4n) is 3.45. The maximum Gasteiger partial charge on any atom is 0.267 e. The number of amides is 1. The number of rotatable bonds is 6. The van der Waals surface area contributed by atoms with Crippen LogP contribution in [-0.2, 0) is 21.2 Å². The van der Waals surface area contributed by atoms with E-state index in [9.17, 15) is 13.2 Å². The highest BCUT2D eigenvalue weighted by molar-refractivity contribution is 7.93. The van der Waals surface area contributed by atoms with E-state index in [-0.39, 0.29) is 15.9 Å². The van der Waals surface area contributed by atoms with Gasteiger partial charge in [-0.25, -0.2) is 8.42 Å². The number of nitrogens with zero attached hydrogens (tertiary/aromatic N) is 3. The van der Waals surface area contributed by atoms with Crippen LogP contribution in [0.1, 0.15) is 23.9 Å². The molecule has 8 nitrogen and oxygen atoms in total. The van der Waals surface area contributed by atoms with Crippen LogP contribution in [0.25, 0.3) is 0 Å². The van der Waals surface area contributed by atoms with E-state index in [4.69, 9.17) is 4.74 Å². The van der Waals surface area contributed by atoms with Gasteiger partial charge < -0.3 is 9.64 Å². The summed E-state index contributed by atoms with van der Waals surface area (Å²) in [5.74, 6) is 0.461. The van der Waals surface area contributed by atoms with Crippen molar-refractivity contribution in [2.24, 2.45) is 0 Å². The molecule has 0 bridgehead atoms. The van der Waals surface area contributed by atoms with Crippen LogP contribution < -0.4 is 14.4 Å². The van der Waals surface area contributed by atoms with Crippen LogP contribution in [0.2, 0.25) is 0 Å². The lowest BCUT2D eigenvalue weighted by Gasteiger charge is -2.31. The van der Waals surface area contributed by atoms with Gasteiger partial charge in [0.25, 0.3) is 15.9 Å². The zero-order valence-electron chi connectivity index (χ0n) is 17.1. The number of sulfonamides is 1. The van der Waals surface area contributed by atoms with Crippen molar-refractivity contribution in [1.29, 1.82) is 0 Å². The summed E-state index contributed by atoms with van der Waals surface area (Å²) in [5, 5.41) is 8.53. The summed E-state index contributed by atoms with van der Waals surface area (Å²) in [7, 11) is -3.80. The number of nitrogens with one attached hydrogen (secondary N) is 1. The Balaban J connectivity index is 1.54. The minimum atomic E-state index is -3.80. The van der Waals surface area contributed by atoms with E-state index in [1.165, 1.54) is 17.4 Å². The number of hydrogen-bond donors (Lipinski definition) is 1. The normalized spacial score (nSPS) is 14.6. The van der Waals surface area contributed by atoms with Gasteiger partial charge in [-0.1, -0.05) is 29.5 Å². The monoisotopic (exact) mass is 458 g/mol. The zero-order chi connectivity index (χ0) is 22.0. The molecule has 1 aromatic heterocycles. The summed E-state index contributed by atoms with van der Waals surface area (Å²) in [4.78, 5) is 14.8. The van der Waals surface area contributed by atoms with Gasteiger partial charge in [-0.2, -0.15) is 0 Å². The first-order chi connectivity index (χ1) is 14.8. The predicted octanol–water partition coefficient (Wildman–Crippen LogP) is 3.39. The van der Waals surface area contributed by atoms with Crippen molar-refractivity contribution in [3.8, 4) is 5.75 Å². The molecule has 0 spiro atoms. The van der Waals surface area contributed by atoms with Crippen LogP contribution >= 0.6 is 11.3 Å². The molecule has 162 valence electrons. The summed E-state index contributed by atoms with van der Waals surface area (Å²) in [6, 6.07) is 14.0. The zero-order valence-corrected chi connectivity index (χ0v) is 18.7. The Morgan fingerprint density at radius 1 is 1.19 bits per heavy atom. The molecule has 0 aliphatic carbocycles. The Hall–Kier alpha value is -2.98. The molecule has 3 aromatic rings. The summed E-state index contributed by atoms with van der Waals surface area (Å²) < 4.78 is 33.7. The number of para-hydroxylation sites is 1. The van der Waals surface area contributed by atoms with Gasteiger partial charge >= 0.3 is 0 Å². The van der Waals surface area contributed by atoms with Gasteiger partial charge in [-0.3, -0.25) is 9.52 Å². The fourth-order valence-corrected chi connectivity index (χ4v) is 5.33. The van der Waals surface area contributed by atoms with Gasteiger partial charge in [0.1, 0.15) is 10.8 Å². The highest BCUT2D eigenvalue weighted by Gasteiger charge is 2.29. The fraction of sp³-hybridized carbons (Fsp3) is 0.286. The van der Waals surface area contributed by atoms with E-state index in [0.29, 0.717) is 29.4 Å². The second-order valence-electron chi connectivity index (χ2n) is 7.19. The lowest BCUT2D eigenvalue weighted by atomic mass is 10.0. The maximum atomic E-state index is 13.0. The molecule has 1 N–H and O–H groups in total. The number of fused-ring (bicyclic) bond motifs is 1. The van der Waals surface area contributed by atoms with E-state index < -0.39 is 16.1 Å². The van der Waals surface area contributed by atoms with Gasteiger partial charge in [0, 0.05) is 12.2 Å². The molecule has 1 aliphatic heterocycles. The van der Waals surface area contributed by atoms with Crippen molar-refractivity contribution in [3.63, 3.8) is 0 Å². The Kier molecular flexibility index (Phi) is 5.92. The van der Waals surface area contributed by atoms with Crippen molar-refractivity contribution in [2.45, 2.75) is 37.7 Å². The second kappa shape index (κ2) is 8.64. The minimum absolute atomic E-state index is 0.127. The molecular weight excluding hydrogens is 436 g/mol. The van der Waals surface area contributed by atoms with Crippen molar-refractivity contribution in [3.05, 3.63) is 59.1 Å². The lowest BCUT2D eigenvalue weighted by Crippen LogP contribution is -2.43. The second-order valence-corrected chi connectivity index (χ2v) is 10.1. The smallest absolute Gasteiger partial charge is 0.267 e. The van der Waals surface area contributed by atoms with Gasteiger partial charge in [-0.15, -0.1) is 10.2 Å². The van der Waals surface area contributed by atoms with Crippen LogP contribution in [0.4, 0.5) is 10.8 Å². The van der Waals surface area contributed by atoms with Crippen LogP contribution in [0.15, 0.2) is 53.4 Å². The molecule has 1 amide bonds. The molecule has 4 rings (SSSR count). The molecule has 2 aromatic carbocycles. The molecule has 1 unspecified atom stereocenters. The van der Waals surface area contributed by atoms with Crippen LogP contribution in [0, 0.1) is 6.92 Å². The highest BCUT2D eigenvalue weighted by atomic mass is 32.2. The number of benzene rings is 2. The SMILES string of the molecule is Cc1nnc(NS(=O)(=O)c2ccc3c(c2)CCCN3C(=O)C(C)Oc2ccccc2)s1. The molecule has 1 aliphatic rings. The van der Waals surface area contributed by atoms with Crippen molar-refractivity contribution in [2.75, 3.05) is 16.2 Å². The number of anilines is 2. The van der Waals surface area contributed by atoms with Crippen molar-refractivity contribution >= 4 is 38.1 Å². The molecule has 0 saturated heterocycles. The van der Waals surface area contributed by atoms with Gasteiger partial charge in [0.2, 0.25) is 5.13 Å². The number of hydrogen-bond acceptors (Lipinski definition) is 7. The van der Waals surface area contributed by atoms with Gasteiger partial charge in [0.15, 0.2) is 6.10 Å². The summed E-state index contributed by atoms with van der Waals surface area (Å²) in [6.45, 7) is 4.03. The number of aryl methyl sites for hydroxylation is 2. The number of aromatic nitrogens is 2. The molecule has 2 heterocycles. The van der Waals surface area contributed by atoms with Crippen molar-refractivity contribution in [1.82, 2.24) is 10.2 Å². The Morgan fingerprint density at radius 3 is 2.68 bits per heavy atom.